The predicted octanol–water partition coefficient (Wildman–Crippen LogP) is 5.92. The third kappa shape index (κ3) is 7.00. The van der Waals surface area contributed by atoms with E-state index in [0.717, 1.165) is 13.0 Å². The second kappa shape index (κ2) is 11.0. The van der Waals surface area contributed by atoms with E-state index < -0.39 is 0 Å². The Labute approximate surface area is 142 Å². The molecule has 0 aromatic heterocycles. The van der Waals surface area contributed by atoms with Gasteiger partial charge >= 0.3 is 0 Å². The van der Waals surface area contributed by atoms with E-state index in [9.17, 15) is 0 Å². The molecule has 2 aromatic rings. The summed E-state index contributed by atoms with van der Waals surface area (Å²) in [7, 11) is 0. The quantitative estimate of drug-likeness (QED) is 0.508. The van der Waals surface area contributed by atoms with E-state index in [1.54, 1.807) is 0 Å². The SMILES string of the molecule is CCCCCCCCNC(Cc1ccccc1)c1ccccc1. The lowest BCUT2D eigenvalue weighted by Crippen LogP contribution is -2.24. The van der Waals surface area contributed by atoms with Crippen LogP contribution in [0.25, 0.3) is 0 Å². The Morgan fingerprint density at radius 1 is 0.739 bits per heavy atom. The van der Waals surface area contributed by atoms with E-state index in [-0.39, 0.29) is 0 Å². The molecular weight excluding hydrogens is 278 g/mol. The van der Waals surface area contributed by atoms with Crippen LogP contribution in [0.1, 0.15) is 62.6 Å². The van der Waals surface area contributed by atoms with Crippen molar-refractivity contribution in [2.24, 2.45) is 0 Å². The van der Waals surface area contributed by atoms with Gasteiger partial charge in [0.25, 0.3) is 0 Å². The topological polar surface area (TPSA) is 12.0 Å². The summed E-state index contributed by atoms with van der Waals surface area (Å²) in [5.41, 5.74) is 2.79. The molecule has 0 amide bonds. The average molecular weight is 309 g/mol. The Morgan fingerprint density at radius 3 is 2.04 bits per heavy atom. The van der Waals surface area contributed by atoms with Crippen molar-refractivity contribution in [2.75, 3.05) is 6.54 Å². The third-order valence-electron chi connectivity index (χ3n) is 4.41. The maximum absolute atomic E-state index is 3.78. The number of nitrogens with one attached hydrogen (secondary N) is 1. The van der Waals surface area contributed by atoms with Crippen molar-refractivity contribution < 1.29 is 0 Å². The summed E-state index contributed by atoms with van der Waals surface area (Å²) in [6.07, 6.45) is 9.16. The maximum Gasteiger partial charge on any atom is 0.0360 e. The van der Waals surface area contributed by atoms with E-state index in [2.05, 4.69) is 72.9 Å². The first kappa shape index (κ1) is 17.7. The molecule has 2 aromatic carbocycles. The van der Waals surface area contributed by atoms with Gasteiger partial charge in [0.15, 0.2) is 0 Å². The van der Waals surface area contributed by atoms with Gasteiger partial charge in [-0.15, -0.1) is 0 Å². The van der Waals surface area contributed by atoms with Crippen molar-refractivity contribution in [3.8, 4) is 0 Å². The van der Waals surface area contributed by atoms with Gasteiger partial charge < -0.3 is 5.32 Å². The fourth-order valence-electron chi connectivity index (χ4n) is 3.02. The minimum absolute atomic E-state index is 0.411. The molecule has 124 valence electrons. The average Bonchev–Trinajstić information content (AvgIpc) is 2.61. The summed E-state index contributed by atoms with van der Waals surface area (Å²) in [6.45, 7) is 3.38. The number of hydrogen-bond acceptors (Lipinski definition) is 1. The van der Waals surface area contributed by atoms with Gasteiger partial charge in [-0.2, -0.15) is 0 Å². The van der Waals surface area contributed by atoms with Crippen molar-refractivity contribution >= 4 is 0 Å². The molecule has 0 saturated carbocycles. The zero-order valence-electron chi connectivity index (χ0n) is 14.5. The second-order valence-corrected chi connectivity index (χ2v) is 6.37. The Kier molecular flexibility index (Phi) is 8.50. The molecular formula is C22H31N. The number of benzene rings is 2. The van der Waals surface area contributed by atoms with E-state index >= 15 is 0 Å². The van der Waals surface area contributed by atoms with Crippen LogP contribution in [-0.4, -0.2) is 6.54 Å². The van der Waals surface area contributed by atoms with Crippen molar-refractivity contribution in [3.63, 3.8) is 0 Å². The zero-order valence-corrected chi connectivity index (χ0v) is 14.5. The molecule has 2 rings (SSSR count). The van der Waals surface area contributed by atoms with Gasteiger partial charge in [-0.25, -0.2) is 0 Å². The summed E-state index contributed by atoms with van der Waals surface area (Å²) in [4.78, 5) is 0. The first-order valence-corrected chi connectivity index (χ1v) is 9.22. The molecule has 0 heterocycles. The molecule has 0 spiro atoms. The van der Waals surface area contributed by atoms with E-state index in [0.29, 0.717) is 6.04 Å². The fourth-order valence-corrected chi connectivity index (χ4v) is 3.02. The molecule has 0 bridgehead atoms. The minimum atomic E-state index is 0.411. The Bertz CT molecular complexity index is 506. The molecule has 1 nitrogen and oxygen atoms in total. The zero-order chi connectivity index (χ0) is 16.2. The molecule has 1 unspecified atom stereocenters. The van der Waals surface area contributed by atoms with Gasteiger partial charge in [0.1, 0.15) is 0 Å². The van der Waals surface area contributed by atoms with Crippen molar-refractivity contribution in [2.45, 2.75) is 57.9 Å². The van der Waals surface area contributed by atoms with Crippen LogP contribution in [0.15, 0.2) is 60.7 Å². The minimum Gasteiger partial charge on any atom is -0.310 e. The highest BCUT2D eigenvalue weighted by atomic mass is 14.9. The fraction of sp³-hybridized carbons (Fsp3) is 0.455. The van der Waals surface area contributed by atoms with Gasteiger partial charge in [0.05, 0.1) is 0 Å². The summed E-state index contributed by atoms with van der Waals surface area (Å²) in [6, 6.07) is 22.1. The molecule has 1 atom stereocenters. The molecule has 0 aliphatic rings. The van der Waals surface area contributed by atoms with Gasteiger partial charge in [-0.3, -0.25) is 0 Å². The van der Waals surface area contributed by atoms with Crippen LogP contribution in [0.3, 0.4) is 0 Å². The van der Waals surface area contributed by atoms with Crippen molar-refractivity contribution in [3.05, 3.63) is 71.8 Å². The van der Waals surface area contributed by atoms with Gasteiger partial charge in [0.2, 0.25) is 0 Å². The van der Waals surface area contributed by atoms with Gasteiger partial charge in [0, 0.05) is 6.04 Å². The van der Waals surface area contributed by atoms with Crippen LogP contribution in [0.5, 0.6) is 0 Å². The van der Waals surface area contributed by atoms with E-state index in [1.165, 1.54) is 49.7 Å². The Balaban J connectivity index is 1.82. The smallest absolute Gasteiger partial charge is 0.0360 e. The number of unbranched alkanes of at least 4 members (excludes halogenated alkanes) is 5. The van der Waals surface area contributed by atoms with E-state index in [1.807, 2.05) is 0 Å². The van der Waals surface area contributed by atoms with Crippen LogP contribution in [0.2, 0.25) is 0 Å². The summed E-state index contributed by atoms with van der Waals surface area (Å²) < 4.78 is 0. The highest BCUT2D eigenvalue weighted by molar-refractivity contribution is 5.23. The molecule has 0 aliphatic heterocycles. The lowest BCUT2D eigenvalue weighted by Gasteiger charge is -2.19. The van der Waals surface area contributed by atoms with Crippen LogP contribution in [0, 0.1) is 0 Å². The highest BCUT2D eigenvalue weighted by Gasteiger charge is 2.11. The molecule has 23 heavy (non-hydrogen) atoms. The summed E-state index contributed by atoms with van der Waals surface area (Å²) in [5.74, 6) is 0. The lowest BCUT2D eigenvalue weighted by molar-refractivity contribution is 0.501. The molecule has 1 N–H and O–H groups in total. The highest BCUT2D eigenvalue weighted by Crippen LogP contribution is 2.18. The van der Waals surface area contributed by atoms with Crippen LogP contribution in [0.4, 0.5) is 0 Å². The van der Waals surface area contributed by atoms with Gasteiger partial charge in [-0.05, 0) is 30.5 Å². The molecule has 0 radical (unpaired) electrons. The van der Waals surface area contributed by atoms with Crippen molar-refractivity contribution in [1.29, 1.82) is 0 Å². The first-order chi connectivity index (χ1) is 11.4. The summed E-state index contributed by atoms with van der Waals surface area (Å²) >= 11 is 0. The lowest BCUT2D eigenvalue weighted by atomic mass is 9.98. The molecule has 0 aliphatic carbocycles. The predicted molar refractivity (Wildman–Crippen MR) is 101 cm³/mol. The second-order valence-electron chi connectivity index (χ2n) is 6.37. The van der Waals surface area contributed by atoms with Crippen molar-refractivity contribution in [1.82, 2.24) is 5.32 Å². The number of rotatable bonds is 11. The third-order valence-corrected chi connectivity index (χ3v) is 4.41. The normalized spacial score (nSPS) is 12.2. The molecule has 0 fully saturated rings. The van der Waals surface area contributed by atoms with Crippen LogP contribution >= 0.6 is 0 Å². The Hall–Kier alpha value is -1.60. The summed E-state index contributed by atoms with van der Waals surface area (Å²) in [5, 5.41) is 3.78. The largest absolute Gasteiger partial charge is 0.310 e. The monoisotopic (exact) mass is 309 g/mol. The maximum atomic E-state index is 3.78. The van der Waals surface area contributed by atoms with Crippen LogP contribution < -0.4 is 5.32 Å². The standard InChI is InChI=1S/C22H31N/c1-2-3-4-5-6-13-18-23-22(21-16-11-8-12-17-21)19-20-14-9-7-10-15-20/h7-12,14-17,22-23H,2-6,13,18-19H2,1H3. The Morgan fingerprint density at radius 2 is 1.35 bits per heavy atom. The first-order valence-electron chi connectivity index (χ1n) is 9.22. The number of hydrogen-bond donors (Lipinski definition) is 1. The molecule has 1 heteroatoms. The van der Waals surface area contributed by atoms with Crippen LogP contribution in [-0.2, 0) is 6.42 Å². The van der Waals surface area contributed by atoms with Gasteiger partial charge in [-0.1, -0.05) is 99.7 Å². The van der Waals surface area contributed by atoms with E-state index in [4.69, 9.17) is 0 Å². The molecule has 0 saturated heterocycles.